The molecule has 0 fully saturated rings. The van der Waals surface area contributed by atoms with E-state index >= 15 is 0 Å². The van der Waals surface area contributed by atoms with Crippen LogP contribution in [0.5, 0.6) is 0 Å². The number of hydrogen-bond acceptors (Lipinski definition) is 1. The average molecular weight is 737 g/mol. The fourth-order valence-electron chi connectivity index (χ4n) is 5.36. The number of benzene rings is 4. The maximum absolute atomic E-state index is 4.94. The molecule has 1 nitrogen and oxygen atoms in total. The first-order valence-electron chi connectivity index (χ1n) is 15.6. The fraction of sp³-hybridized carbons (Fsp3) is 0.209. The van der Waals surface area contributed by atoms with Crippen molar-refractivity contribution in [3.63, 3.8) is 0 Å². The smallest absolute Gasteiger partial charge is 0.0471 e. The van der Waals surface area contributed by atoms with Crippen molar-refractivity contribution in [3.05, 3.63) is 173 Å². The number of hydrogen-bond donors (Lipinski definition) is 0. The van der Waals surface area contributed by atoms with Crippen molar-refractivity contribution in [2.24, 2.45) is 0 Å². The summed E-state index contributed by atoms with van der Waals surface area (Å²) < 4.78 is 6.35. The van der Waals surface area contributed by atoms with Gasteiger partial charge in [0, 0.05) is 12.5 Å². The first kappa shape index (κ1) is 38.3. The number of rotatable bonds is 3. The molecule has 0 spiro atoms. The second kappa shape index (κ2) is 16.8. The second-order valence-corrected chi connectivity index (χ2v) is 14.9. The van der Waals surface area contributed by atoms with Crippen LogP contribution in [0.4, 0.5) is 0 Å². The van der Waals surface area contributed by atoms with Gasteiger partial charge in [-0.05, 0) is 17.4 Å². The molecule has 1 heterocycles. The summed E-state index contributed by atoms with van der Waals surface area (Å²) in [6.07, 6.45) is 4.46. The molecule has 240 valence electrons. The predicted molar refractivity (Wildman–Crippen MR) is 187 cm³/mol. The molecule has 5 aromatic carbocycles. The van der Waals surface area contributed by atoms with Gasteiger partial charge in [-0.2, -0.15) is 41.5 Å². The summed E-state index contributed by atoms with van der Waals surface area (Å²) in [6, 6.07) is 46.3. The maximum atomic E-state index is 4.94. The molecule has 0 atom stereocenters. The van der Waals surface area contributed by atoms with Crippen LogP contribution in [-0.4, -0.2) is 3.21 Å². The third-order valence-corrected chi connectivity index (χ3v) is 9.59. The number of fused-ring (bicyclic) bond motifs is 3. The van der Waals surface area contributed by atoms with Crippen LogP contribution in [-0.2, 0) is 41.5 Å². The van der Waals surface area contributed by atoms with E-state index in [0.717, 1.165) is 12.0 Å². The molecule has 4 heteroatoms. The topological polar surface area (TPSA) is 13.1 Å². The Labute approximate surface area is 309 Å². The molecule has 7 rings (SSSR count). The normalized spacial score (nSPS) is 11.3. The Kier molecular flexibility index (Phi) is 13.7. The Hall–Kier alpha value is -3.16. The first-order valence-corrected chi connectivity index (χ1v) is 16.9. The Morgan fingerprint density at radius 3 is 1.74 bits per heavy atom. The van der Waals surface area contributed by atoms with Crippen LogP contribution in [0.15, 0.2) is 138 Å². The van der Waals surface area contributed by atoms with Crippen molar-refractivity contribution in [2.75, 3.05) is 0 Å². The first-order chi connectivity index (χ1) is 21.5. The van der Waals surface area contributed by atoms with E-state index in [-0.39, 0.29) is 35.6 Å². The molecule has 0 unspecified atom stereocenters. The molecule has 0 amide bonds. The molecule has 1 aliphatic rings. The molecular weight excluding hydrogens is 695 g/mol. The van der Waals surface area contributed by atoms with Crippen molar-refractivity contribution in [1.82, 2.24) is 0 Å². The molecule has 47 heavy (non-hydrogen) atoms. The molecule has 0 aliphatic heterocycles. The van der Waals surface area contributed by atoms with Gasteiger partial charge in [-0.3, -0.25) is 0 Å². The van der Waals surface area contributed by atoms with Crippen molar-refractivity contribution in [1.29, 1.82) is 0 Å². The Morgan fingerprint density at radius 2 is 1.23 bits per heavy atom. The van der Waals surface area contributed by atoms with Crippen LogP contribution in [0, 0.1) is 6.07 Å². The van der Waals surface area contributed by atoms with Crippen LogP contribution < -0.4 is 24.8 Å². The van der Waals surface area contributed by atoms with Gasteiger partial charge in [0.2, 0.25) is 0 Å². The number of halogens is 2. The van der Waals surface area contributed by atoms with Crippen molar-refractivity contribution in [3.8, 4) is 22.3 Å². The van der Waals surface area contributed by atoms with E-state index in [1.165, 1.54) is 77.5 Å². The van der Waals surface area contributed by atoms with Crippen LogP contribution in [0.2, 0.25) is 0 Å². The van der Waals surface area contributed by atoms with Gasteiger partial charge in [0.05, 0.1) is 0 Å². The molecule has 0 saturated carbocycles. The average Bonchev–Trinajstić information content (AvgIpc) is 3.82. The summed E-state index contributed by atoms with van der Waals surface area (Å²) in [7, 11) is 0. The van der Waals surface area contributed by atoms with Crippen molar-refractivity contribution >= 4 is 3.21 Å². The third-order valence-electron chi connectivity index (χ3n) is 8.17. The van der Waals surface area contributed by atoms with E-state index in [2.05, 4.69) is 151 Å². The summed E-state index contributed by atoms with van der Waals surface area (Å²) in [6.45, 7) is 13.6. The SMILES string of the molecule is CC(C)(C)c1c[c-]c2c(c1)-c1cc(C(C)(C)C)ccc1C2.[Cl-].[Cl-].[Zr+2]=[C](c1ccccc1)c1ccccc1.c1cc[c-](-c2ccoc2)c1. The van der Waals surface area contributed by atoms with E-state index in [0.29, 0.717) is 0 Å². The van der Waals surface area contributed by atoms with Gasteiger partial charge in [0.25, 0.3) is 0 Å². The Morgan fingerprint density at radius 1 is 0.681 bits per heavy atom. The molecule has 1 aromatic heterocycles. The molecule has 6 aromatic rings. The van der Waals surface area contributed by atoms with Gasteiger partial charge >= 0.3 is 99.2 Å². The Balaban J connectivity index is 0.000000200. The molecule has 0 saturated heterocycles. The minimum absolute atomic E-state index is 0. The van der Waals surface area contributed by atoms with Gasteiger partial charge in [0.1, 0.15) is 0 Å². The minimum atomic E-state index is 0. The Bertz CT molecular complexity index is 1690. The van der Waals surface area contributed by atoms with Crippen molar-refractivity contribution in [2.45, 2.75) is 58.8 Å². The monoisotopic (exact) mass is 734 g/mol. The van der Waals surface area contributed by atoms with Crippen LogP contribution in [0.25, 0.3) is 22.3 Å². The van der Waals surface area contributed by atoms with Gasteiger partial charge in [0.15, 0.2) is 0 Å². The summed E-state index contributed by atoms with van der Waals surface area (Å²) in [4.78, 5) is 0. The van der Waals surface area contributed by atoms with E-state index in [1.54, 1.807) is 12.5 Å². The molecular formula is C43H42Cl2OZr-2. The maximum Gasteiger partial charge on any atom is 0.0471 e. The van der Waals surface area contributed by atoms with E-state index < -0.39 is 0 Å². The minimum Gasteiger partial charge on any atom is -0.515 e. The zero-order valence-electron chi connectivity index (χ0n) is 28.1. The third kappa shape index (κ3) is 9.93. The van der Waals surface area contributed by atoms with Gasteiger partial charge in [-0.1, -0.05) is 93.5 Å². The van der Waals surface area contributed by atoms with Gasteiger partial charge in [-0.25, -0.2) is 0 Å². The number of furan rings is 1. The molecule has 0 bridgehead atoms. The van der Waals surface area contributed by atoms with Crippen LogP contribution in [0.1, 0.15) is 74.9 Å². The van der Waals surface area contributed by atoms with E-state index in [4.69, 9.17) is 4.42 Å². The standard InChI is InChI=1S/C21H25.C13H10.C9H7O.2ClH.Zr/c1-20(2,3)16-9-7-14-11-15-8-10-17(21(4,5)6)13-19(15)18(14)12-16;1-3-7-12(8-4-1)11-13-9-5-2-6-10-13;1-2-4-8(3-1)9-5-6-10-7-9;;;/h7,9-10,12-13H,11H2,1-6H3;1-10H;1-7H;2*1H;/q-1;;-1;;;+2/p-2. The van der Waals surface area contributed by atoms with E-state index in [1.807, 2.05) is 18.2 Å². The largest absolute Gasteiger partial charge is 0.515 e. The fourth-order valence-corrected chi connectivity index (χ4v) is 6.18. The van der Waals surface area contributed by atoms with Crippen molar-refractivity contribution < 1.29 is 53.5 Å². The van der Waals surface area contributed by atoms with Crippen LogP contribution in [0.3, 0.4) is 0 Å². The quantitative estimate of drug-likeness (QED) is 0.230. The zero-order valence-corrected chi connectivity index (χ0v) is 32.0. The summed E-state index contributed by atoms with van der Waals surface area (Å²) in [5, 5.41) is 0. The summed E-state index contributed by atoms with van der Waals surface area (Å²) >= 11 is 1.46. The molecule has 0 radical (unpaired) electrons. The molecule has 0 N–H and O–H groups in total. The van der Waals surface area contributed by atoms with E-state index in [9.17, 15) is 0 Å². The van der Waals surface area contributed by atoms with Gasteiger partial charge < -0.3 is 29.2 Å². The summed E-state index contributed by atoms with van der Waals surface area (Å²) in [5.74, 6) is 0. The predicted octanol–water partition coefficient (Wildman–Crippen LogP) is 5.13. The zero-order chi connectivity index (χ0) is 32.0. The molecule has 1 aliphatic carbocycles. The second-order valence-electron chi connectivity index (χ2n) is 13.6. The van der Waals surface area contributed by atoms with Gasteiger partial charge in [-0.15, -0.1) is 17.7 Å². The summed E-state index contributed by atoms with van der Waals surface area (Å²) in [5.41, 5.74) is 13.8. The van der Waals surface area contributed by atoms with Crippen LogP contribution >= 0.6 is 0 Å².